The van der Waals surface area contributed by atoms with E-state index in [1.54, 1.807) is 0 Å². The maximum absolute atomic E-state index is 6.64. The van der Waals surface area contributed by atoms with Gasteiger partial charge in [-0.05, 0) is 79.5 Å². The van der Waals surface area contributed by atoms with Crippen LogP contribution in [0.4, 0.5) is 0 Å². The van der Waals surface area contributed by atoms with Crippen LogP contribution in [0.25, 0.3) is 11.1 Å². The van der Waals surface area contributed by atoms with Gasteiger partial charge in [0.25, 0.3) is 0 Å². The molecule has 0 unspecified atom stereocenters. The predicted molar refractivity (Wildman–Crippen MR) is 139 cm³/mol. The largest absolute Gasteiger partial charge is 0.490 e. The lowest BCUT2D eigenvalue weighted by Gasteiger charge is -2.22. The smallest absolute Gasteiger partial charge is 0.127 e. The first-order valence-corrected chi connectivity index (χ1v) is 13.2. The Morgan fingerprint density at radius 3 is 2.50 bits per heavy atom. The molecule has 5 heteroatoms. The normalized spacial score (nSPS) is 16.4. The second kappa shape index (κ2) is 10.3. The molecule has 0 atom stereocenters. The van der Waals surface area contributed by atoms with Crippen molar-refractivity contribution >= 4 is 23.2 Å². The summed E-state index contributed by atoms with van der Waals surface area (Å²) < 4.78 is 12.8. The van der Waals surface area contributed by atoms with E-state index in [0.29, 0.717) is 12.7 Å². The molecule has 5 rings (SSSR count). The summed E-state index contributed by atoms with van der Waals surface area (Å²) in [5.74, 6) is 0.932. The molecule has 2 fully saturated rings. The zero-order valence-electron chi connectivity index (χ0n) is 19.7. The highest BCUT2D eigenvalue weighted by molar-refractivity contribution is 6.34. The second-order valence-electron chi connectivity index (χ2n) is 9.51. The van der Waals surface area contributed by atoms with E-state index in [9.17, 15) is 0 Å². The monoisotopic (exact) mass is 495 g/mol. The van der Waals surface area contributed by atoms with Gasteiger partial charge < -0.3 is 9.47 Å². The number of pyridine rings is 1. The summed E-state index contributed by atoms with van der Waals surface area (Å²) in [7, 11) is 0. The maximum atomic E-state index is 6.64. The summed E-state index contributed by atoms with van der Waals surface area (Å²) in [5, 5.41) is 1.50. The highest BCUT2D eigenvalue weighted by atomic mass is 35.5. The molecule has 0 amide bonds. The van der Waals surface area contributed by atoms with Crippen molar-refractivity contribution in [1.82, 2.24) is 4.98 Å². The number of hydrogen-bond acceptors (Lipinski definition) is 3. The molecule has 0 radical (unpaired) electrons. The zero-order chi connectivity index (χ0) is 23.5. The van der Waals surface area contributed by atoms with E-state index in [1.807, 2.05) is 30.6 Å². The van der Waals surface area contributed by atoms with Crippen LogP contribution < -0.4 is 4.74 Å². The molecule has 0 aliphatic heterocycles. The summed E-state index contributed by atoms with van der Waals surface area (Å²) in [5.41, 5.74) is 5.02. The van der Waals surface area contributed by atoms with E-state index in [1.165, 1.54) is 12.8 Å². The number of hydrogen-bond donors (Lipinski definition) is 0. The van der Waals surface area contributed by atoms with Crippen molar-refractivity contribution in [3.8, 4) is 16.9 Å². The van der Waals surface area contributed by atoms with E-state index >= 15 is 0 Å². The lowest BCUT2D eigenvalue weighted by atomic mass is 9.96. The van der Waals surface area contributed by atoms with Gasteiger partial charge in [-0.15, -0.1) is 0 Å². The van der Waals surface area contributed by atoms with Crippen molar-refractivity contribution in [2.24, 2.45) is 0 Å². The first-order valence-electron chi connectivity index (χ1n) is 12.4. The number of aryl methyl sites for hydroxylation is 1. The van der Waals surface area contributed by atoms with E-state index in [-0.39, 0.29) is 5.60 Å². The number of halogens is 2. The molecule has 0 N–H and O–H groups in total. The fourth-order valence-electron chi connectivity index (χ4n) is 4.47. The number of benzene rings is 2. The Labute approximate surface area is 212 Å². The number of nitrogens with zero attached hydrogens (tertiary/aromatic N) is 1. The standard InChI is InChI=1S/C29H31Cl2NO2/c1-2-3-4-7-20-16-27(31)21(17-26(20)30)19-33-29(13-14-29)25-18-32-15-12-23(25)24-8-5-6-9-28(24)34-22-10-11-22/h5-6,8-9,12,15-18,22H,2-4,7,10-11,13-14,19H2,1H3. The van der Waals surface area contributed by atoms with E-state index < -0.39 is 0 Å². The number of para-hydroxylation sites is 1. The molecule has 1 aromatic heterocycles. The fourth-order valence-corrected chi connectivity index (χ4v) is 4.99. The molecule has 3 aromatic rings. The highest BCUT2D eigenvalue weighted by Gasteiger charge is 2.47. The highest BCUT2D eigenvalue weighted by Crippen LogP contribution is 2.53. The van der Waals surface area contributed by atoms with Crippen LogP contribution in [0.15, 0.2) is 54.9 Å². The van der Waals surface area contributed by atoms with Gasteiger partial charge in [-0.25, -0.2) is 0 Å². The summed E-state index contributed by atoms with van der Waals surface area (Å²) in [6.07, 6.45) is 12.8. The quantitative estimate of drug-likeness (QED) is 0.249. The minimum absolute atomic E-state index is 0.342. The SMILES string of the molecule is CCCCCc1cc(Cl)c(COC2(c3cnccc3-c3ccccc3OC3CC3)CC2)cc1Cl. The molecule has 0 spiro atoms. The van der Waals surface area contributed by atoms with Crippen molar-refractivity contribution in [1.29, 1.82) is 0 Å². The fraction of sp³-hybridized carbons (Fsp3) is 0.414. The van der Waals surface area contributed by atoms with Gasteiger partial charge in [0, 0.05) is 33.6 Å². The van der Waals surface area contributed by atoms with Crippen molar-refractivity contribution in [3.05, 3.63) is 81.6 Å². The molecular formula is C29H31Cl2NO2. The molecule has 34 heavy (non-hydrogen) atoms. The number of rotatable bonds is 11. The summed E-state index contributed by atoms with van der Waals surface area (Å²) >= 11 is 13.2. The second-order valence-corrected chi connectivity index (χ2v) is 10.3. The third-order valence-electron chi connectivity index (χ3n) is 6.78. The molecule has 2 saturated carbocycles. The van der Waals surface area contributed by atoms with E-state index in [2.05, 4.69) is 36.2 Å². The Balaban J connectivity index is 1.36. The van der Waals surface area contributed by atoms with Crippen molar-refractivity contribution in [2.45, 2.75) is 76.6 Å². The van der Waals surface area contributed by atoms with Crippen LogP contribution in [0.5, 0.6) is 5.75 Å². The molecule has 2 aromatic carbocycles. The molecule has 1 heterocycles. The van der Waals surface area contributed by atoms with Gasteiger partial charge in [0.2, 0.25) is 0 Å². The van der Waals surface area contributed by atoms with Crippen molar-refractivity contribution in [2.75, 3.05) is 0 Å². The van der Waals surface area contributed by atoms with Gasteiger partial charge in [0.15, 0.2) is 0 Å². The van der Waals surface area contributed by atoms with Crippen LogP contribution in [0.3, 0.4) is 0 Å². The number of aromatic nitrogens is 1. The van der Waals surface area contributed by atoms with Crippen LogP contribution in [-0.4, -0.2) is 11.1 Å². The molecule has 2 aliphatic rings. The van der Waals surface area contributed by atoms with Gasteiger partial charge in [-0.1, -0.05) is 61.2 Å². The molecule has 2 aliphatic carbocycles. The van der Waals surface area contributed by atoms with Gasteiger partial charge >= 0.3 is 0 Å². The van der Waals surface area contributed by atoms with Crippen LogP contribution >= 0.6 is 23.2 Å². The Hall–Kier alpha value is -2.07. The minimum Gasteiger partial charge on any atom is -0.490 e. The summed E-state index contributed by atoms with van der Waals surface area (Å²) in [4.78, 5) is 4.45. The van der Waals surface area contributed by atoms with Crippen LogP contribution in [-0.2, 0) is 23.4 Å². The van der Waals surface area contributed by atoms with Crippen LogP contribution in [0, 0.1) is 0 Å². The molecular weight excluding hydrogens is 465 g/mol. The topological polar surface area (TPSA) is 31.4 Å². The summed E-state index contributed by atoms with van der Waals surface area (Å²) in [6.45, 7) is 2.62. The van der Waals surface area contributed by atoms with E-state index in [4.69, 9.17) is 32.7 Å². The number of unbranched alkanes of at least 4 members (excludes halogenated alkanes) is 2. The lowest BCUT2D eigenvalue weighted by molar-refractivity contribution is 0.0174. The minimum atomic E-state index is -0.355. The van der Waals surface area contributed by atoms with Crippen molar-refractivity contribution < 1.29 is 9.47 Å². The van der Waals surface area contributed by atoms with Crippen molar-refractivity contribution in [3.63, 3.8) is 0 Å². The van der Waals surface area contributed by atoms with Gasteiger partial charge in [-0.3, -0.25) is 4.98 Å². The molecule has 3 nitrogen and oxygen atoms in total. The third kappa shape index (κ3) is 5.27. The Morgan fingerprint density at radius 1 is 0.971 bits per heavy atom. The van der Waals surface area contributed by atoms with E-state index in [0.717, 1.165) is 82.1 Å². The lowest BCUT2D eigenvalue weighted by Crippen LogP contribution is -2.14. The predicted octanol–water partition coefficient (Wildman–Crippen LogP) is 8.54. The Kier molecular flexibility index (Phi) is 7.15. The van der Waals surface area contributed by atoms with Gasteiger partial charge in [-0.2, -0.15) is 0 Å². The molecule has 0 bridgehead atoms. The Bertz CT molecular complexity index is 1150. The molecule has 178 valence electrons. The Morgan fingerprint density at radius 2 is 1.74 bits per heavy atom. The third-order valence-corrected chi connectivity index (χ3v) is 7.48. The average Bonchev–Trinajstić information content (AvgIpc) is 3.78. The molecule has 0 saturated heterocycles. The van der Waals surface area contributed by atoms with Gasteiger partial charge in [0.1, 0.15) is 5.75 Å². The first-order chi connectivity index (χ1) is 16.6. The zero-order valence-corrected chi connectivity index (χ0v) is 21.2. The maximum Gasteiger partial charge on any atom is 0.127 e. The average molecular weight is 496 g/mol. The van der Waals surface area contributed by atoms with Crippen LogP contribution in [0.2, 0.25) is 10.0 Å². The van der Waals surface area contributed by atoms with Gasteiger partial charge in [0.05, 0.1) is 18.3 Å². The van der Waals surface area contributed by atoms with Crippen LogP contribution in [0.1, 0.15) is 68.6 Å². The number of ether oxygens (including phenoxy) is 2. The first kappa shape index (κ1) is 23.7. The summed E-state index contributed by atoms with van der Waals surface area (Å²) in [6, 6.07) is 14.3.